The van der Waals surface area contributed by atoms with Gasteiger partial charge in [0.25, 0.3) is 0 Å². The molecule has 2 aromatic heterocycles. The average Bonchev–Trinajstić information content (AvgIpc) is 2.76. The molecule has 0 saturated heterocycles. The van der Waals surface area contributed by atoms with Crippen molar-refractivity contribution >= 4 is 11.6 Å². The maximum absolute atomic E-state index is 6.27. The van der Waals surface area contributed by atoms with Gasteiger partial charge in [-0.15, -0.1) is 0 Å². The van der Waals surface area contributed by atoms with Crippen LogP contribution in [0.2, 0.25) is 5.02 Å². The van der Waals surface area contributed by atoms with Crippen LogP contribution < -0.4 is 5.32 Å². The molecule has 2 rings (SSSR count). The summed E-state index contributed by atoms with van der Waals surface area (Å²) in [7, 11) is 0. The van der Waals surface area contributed by atoms with Gasteiger partial charge in [-0.2, -0.15) is 0 Å². The minimum atomic E-state index is 0.645. The van der Waals surface area contributed by atoms with Crippen LogP contribution in [0.3, 0.4) is 0 Å². The van der Waals surface area contributed by atoms with E-state index in [0.29, 0.717) is 5.02 Å². The first-order valence-corrected chi connectivity index (χ1v) is 6.45. The largest absolute Gasteiger partial charge is 0.313 e. The van der Waals surface area contributed by atoms with E-state index in [1.54, 1.807) is 6.20 Å². The number of nitrogens with one attached hydrogen (secondary N) is 1. The van der Waals surface area contributed by atoms with Crippen molar-refractivity contribution < 1.29 is 0 Å². The number of aryl methyl sites for hydroxylation is 1. The van der Waals surface area contributed by atoms with Crippen LogP contribution >= 0.6 is 11.6 Å². The van der Waals surface area contributed by atoms with E-state index in [4.69, 9.17) is 11.6 Å². The van der Waals surface area contributed by atoms with E-state index in [2.05, 4.69) is 22.2 Å². The summed E-state index contributed by atoms with van der Waals surface area (Å²) >= 11 is 6.27. The van der Waals surface area contributed by atoms with Crippen molar-refractivity contribution in [2.75, 3.05) is 6.54 Å². The molecule has 0 amide bonds. The Morgan fingerprint density at radius 3 is 2.83 bits per heavy atom. The van der Waals surface area contributed by atoms with Crippen LogP contribution in [-0.4, -0.2) is 21.1 Å². The van der Waals surface area contributed by atoms with E-state index >= 15 is 0 Å². The Kier molecular flexibility index (Phi) is 4.33. The highest BCUT2D eigenvalue weighted by Crippen LogP contribution is 2.20. The van der Waals surface area contributed by atoms with Crippen LogP contribution in [0.15, 0.2) is 24.7 Å². The molecule has 0 fully saturated rings. The van der Waals surface area contributed by atoms with Gasteiger partial charge in [0.15, 0.2) is 5.82 Å². The molecule has 0 aromatic carbocycles. The third kappa shape index (κ3) is 2.89. The maximum atomic E-state index is 6.27. The lowest BCUT2D eigenvalue weighted by molar-refractivity contribution is 0.673. The van der Waals surface area contributed by atoms with E-state index in [9.17, 15) is 0 Å². The molecule has 1 N–H and O–H groups in total. The second kappa shape index (κ2) is 5.98. The van der Waals surface area contributed by atoms with Crippen molar-refractivity contribution in [2.45, 2.75) is 26.8 Å². The Bertz CT molecular complexity index is 521. The fourth-order valence-electron chi connectivity index (χ4n) is 1.76. The van der Waals surface area contributed by atoms with Gasteiger partial charge in [0.2, 0.25) is 0 Å². The first-order chi connectivity index (χ1) is 8.72. The van der Waals surface area contributed by atoms with E-state index in [0.717, 1.165) is 36.7 Å². The Morgan fingerprint density at radius 2 is 2.22 bits per heavy atom. The summed E-state index contributed by atoms with van der Waals surface area (Å²) in [5, 5.41) is 3.97. The van der Waals surface area contributed by atoms with Gasteiger partial charge in [-0.1, -0.05) is 18.5 Å². The molecule has 0 unspecified atom stereocenters. The molecule has 18 heavy (non-hydrogen) atoms. The van der Waals surface area contributed by atoms with E-state index < -0.39 is 0 Å². The predicted molar refractivity (Wildman–Crippen MR) is 73.1 cm³/mol. The van der Waals surface area contributed by atoms with Gasteiger partial charge in [0.1, 0.15) is 5.82 Å². The highest BCUT2D eigenvalue weighted by atomic mass is 35.5. The minimum Gasteiger partial charge on any atom is -0.313 e. The van der Waals surface area contributed by atoms with Gasteiger partial charge < -0.3 is 5.32 Å². The van der Waals surface area contributed by atoms with E-state index in [1.165, 1.54) is 0 Å². The average molecular weight is 265 g/mol. The van der Waals surface area contributed by atoms with Gasteiger partial charge in [0, 0.05) is 25.1 Å². The molecular formula is C13H17ClN4. The fourth-order valence-corrected chi connectivity index (χ4v) is 2.04. The number of nitrogens with zero attached hydrogens (tertiary/aromatic N) is 3. The van der Waals surface area contributed by atoms with Crippen molar-refractivity contribution in [3.8, 4) is 5.82 Å². The summed E-state index contributed by atoms with van der Waals surface area (Å²) in [6, 6.07) is 1.95. The lowest BCUT2D eigenvalue weighted by Gasteiger charge is -2.09. The summed E-state index contributed by atoms with van der Waals surface area (Å²) in [5.74, 6) is 1.60. The topological polar surface area (TPSA) is 42.7 Å². The molecule has 0 spiro atoms. The second-order valence-corrected chi connectivity index (χ2v) is 4.58. The fraction of sp³-hybridized carbons (Fsp3) is 0.385. The zero-order valence-corrected chi connectivity index (χ0v) is 11.4. The number of pyridine rings is 1. The van der Waals surface area contributed by atoms with Gasteiger partial charge in [-0.05, 0) is 31.5 Å². The zero-order chi connectivity index (χ0) is 13.0. The normalized spacial score (nSPS) is 10.8. The SMILES string of the molecule is CCCNCc1cnc(-n2ccnc2C)c(Cl)c1. The number of aromatic nitrogens is 3. The molecule has 5 heteroatoms. The first kappa shape index (κ1) is 13.1. The third-order valence-corrected chi connectivity index (χ3v) is 2.97. The summed E-state index contributed by atoms with van der Waals surface area (Å²) in [6.07, 6.45) is 6.57. The van der Waals surface area contributed by atoms with E-state index in [-0.39, 0.29) is 0 Å². The van der Waals surface area contributed by atoms with Crippen molar-refractivity contribution in [1.29, 1.82) is 0 Å². The molecule has 2 heterocycles. The quantitative estimate of drug-likeness (QED) is 0.845. The van der Waals surface area contributed by atoms with Crippen molar-refractivity contribution in [1.82, 2.24) is 19.9 Å². The third-order valence-electron chi connectivity index (χ3n) is 2.69. The minimum absolute atomic E-state index is 0.645. The molecule has 0 bridgehead atoms. The molecule has 4 nitrogen and oxygen atoms in total. The summed E-state index contributed by atoms with van der Waals surface area (Å²) in [6.45, 7) is 5.86. The standard InChI is InChI=1S/C13H17ClN4/c1-3-4-15-8-11-7-12(14)13(17-9-11)18-6-5-16-10(18)2/h5-7,9,15H,3-4,8H2,1-2H3. The molecule has 0 atom stereocenters. The molecule has 0 aliphatic heterocycles. The number of hydrogen-bond donors (Lipinski definition) is 1. The zero-order valence-electron chi connectivity index (χ0n) is 10.7. The molecular weight excluding hydrogens is 248 g/mol. The number of hydrogen-bond acceptors (Lipinski definition) is 3. The number of halogens is 1. The van der Waals surface area contributed by atoms with Crippen molar-refractivity contribution in [2.24, 2.45) is 0 Å². The van der Waals surface area contributed by atoms with Crippen LogP contribution in [0.1, 0.15) is 24.7 Å². The van der Waals surface area contributed by atoms with Gasteiger partial charge in [0.05, 0.1) is 5.02 Å². The highest BCUT2D eigenvalue weighted by molar-refractivity contribution is 6.32. The van der Waals surface area contributed by atoms with E-state index in [1.807, 2.05) is 30.0 Å². The maximum Gasteiger partial charge on any atom is 0.156 e. The Labute approximate surface area is 112 Å². The summed E-state index contributed by atoms with van der Waals surface area (Å²) in [4.78, 5) is 8.58. The molecule has 0 aliphatic rings. The Hall–Kier alpha value is -1.39. The van der Waals surface area contributed by atoms with Gasteiger partial charge >= 0.3 is 0 Å². The smallest absolute Gasteiger partial charge is 0.156 e. The second-order valence-electron chi connectivity index (χ2n) is 4.17. The van der Waals surface area contributed by atoms with Gasteiger partial charge in [-0.3, -0.25) is 4.57 Å². The summed E-state index contributed by atoms with van der Waals surface area (Å²) < 4.78 is 1.88. The molecule has 0 aliphatic carbocycles. The summed E-state index contributed by atoms with van der Waals surface area (Å²) in [5.41, 5.74) is 1.09. The predicted octanol–water partition coefficient (Wildman–Crippen LogP) is 2.73. The lowest BCUT2D eigenvalue weighted by Crippen LogP contribution is -2.14. The molecule has 2 aromatic rings. The van der Waals surface area contributed by atoms with Crippen LogP contribution in [0.5, 0.6) is 0 Å². The van der Waals surface area contributed by atoms with Crippen molar-refractivity contribution in [3.63, 3.8) is 0 Å². The number of rotatable bonds is 5. The lowest BCUT2D eigenvalue weighted by atomic mass is 10.2. The first-order valence-electron chi connectivity index (χ1n) is 6.08. The van der Waals surface area contributed by atoms with Crippen LogP contribution in [0, 0.1) is 6.92 Å². The Balaban J connectivity index is 2.18. The monoisotopic (exact) mass is 264 g/mol. The highest BCUT2D eigenvalue weighted by Gasteiger charge is 2.07. The molecule has 0 radical (unpaired) electrons. The van der Waals surface area contributed by atoms with Crippen LogP contribution in [-0.2, 0) is 6.54 Å². The van der Waals surface area contributed by atoms with Crippen LogP contribution in [0.25, 0.3) is 5.82 Å². The number of imidazole rings is 1. The molecule has 0 saturated carbocycles. The Morgan fingerprint density at radius 1 is 1.39 bits per heavy atom. The van der Waals surface area contributed by atoms with Gasteiger partial charge in [-0.25, -0.2) is 9.97 Å². The molecule has 96 valence electrons. The van der Waals surface area contributed by atoms with Crippen molar-refractivity contribution in [3.05, 3.63) is 41.1 Å². The van der Waals surface area contributed by atoms with Crippen LogP contribution in [0.4, 0.5) is 0 Å².